The van der Waals surface area contributed by atoms with E-state index in [1.165, 1.54) is 0 Å². The first-order valence-corrected chi connectivity index (χ1v) is 6.42. The van der Waals surface area contributed by atoms with Gasteiger partial charge in [-0.3, -0.25) is 4.68 Å². The van der Waals surface area contributed by atoms with Crippen molar-refractivity contribution in [3.05, 3.63) is 47.3 Å². The third kappa shape index (κ3) is 2.96. The van der Waals surface area contributed by atoms with Crippen LogP contribution in [-0.2, 0) is 7.05 Å². The second-order valence-electron chi connectivity index (χ2n) is 4.95. The van der Waals surface area contributed by atoms with E-state index in [-0.39, 0.29) is 6.10 Å². The Balaban J connectivity index is 2.28. The van der Waals surface area contributed by atoms with E-state index < -0.39 is 6.10 Å². The van der Waals surface area contributed by atoms with Gasteiger partial charge in [-0.2, -0.15) is 5.10 Å². The van der Waals surface area contributed by atoms with Crippen LogP contribution in [-0.4, -0.2) is 21.0 Å². The molecular formula is C15H20N2O2. The van der Waals surface area contributed by atoms with Crippen molar-refractivity contribution in [1.29, 1.82) is 0 Å². The zero-order chi connectivity index (χ0) is 14.0. The van der Waals surface area contributed by atoms with Gasteiger partial charge in [-0.1, -0.05) is 12.1 Å². The van der Waals surface area contributed by atoms with Gasteiger partial charge in [0.2, 0.25) is 0 Å². The molecule has 0 aliphatic rings. The molecule has 0 spiro atoms. The molecule has 1 aromatic heterocycles. The average Bonchev–Trinajstić information content (AvgIpc) is 2.69. The first kappa shape index (κ1) is 13.6. The molecule has 0 aliphatic heterocycles. The summed E-state index contributed by atoms with van der Waals surface area (Å²) in [5.74, 6) is 0.771. The molecule has 1 aromatic carbocycles. The number of ether oxygens (including phenoxy) is 1. The number of benzene rings is 1. The van der Waals surface area contributed by atoms with Gasteiger partial charge >= 0.3 is 0 Å². The zero-order valence-electron chi connectivity index (χ0n) is 11.8. The Labute approximate surface area is 113 Å². The normalized spacial score (nSPS) is 12.7. The maximum atomic E-state index is 10.4. The zero-order valence-corrected chi connectivity index (χ0v) is 11.8. The molecule has 1 N–H and O–H groups in total. The Morgan fingerprint density at radius 1 is 1.32 bits per heavy atom. The smallest absolute Gasteiger partial charge is 0.120 e. The van der Waals surface area contributed by atoms with E-state index >= 15 is 0 Å². The van der Waals surface area contributed by atoms with E-state index in [4.69, 9.17) is 4.74 Å². The molecule has 0 amide bonds. The predicted octanol–water partition coefficient (Wildman–Crippen LogP) is 2.60. The first-order valence-electron chi connectivity index (χ1n) is 6.42. The summed E-state index contributed by atoms with van der Waals surface area (Å²) in [7, 11) is 1.86. The summed E-state index contributed by atoms with van der Waals surface area (Å²) in [6.07, 6.45) is 1.15. The highest BCUT2D eigenvalue weighted by molar-refractivity contribution is 5.36. The minimum Gasteiger partial charge on any atom is -0.491 e. The third-order valence-corrected chi connectivity index (χ3v) is 3.11. The van der Waals surface area contributed by atoms with E-state index in [1.54, 1.807) is 10.9 Å². The molecule has 1 unspecified atom stereocenters. The first-order chi connectivity index (χ1) is 8.99. The summed E-state index contributed by atoms with van der Waals surface area (Å²) < 4.78 is 7.40. The Bertz CT molecular complexity index is 561. The minimum absolute atomic E-state index is 0.118. The molecule has 102 valence electrons. The van der Waals surface area contributed by atoms with Crippen molar-refractivity contribution in [2.24, 2.45) is 7.05 Å². The van der Waals surface area contributed by atoms with E-state index in [0.717, 1.165) is 22.6 Å². The van der Waals surface area contributed by atoms with Gasteiger partial charge < -0.3 is 9.84 Å². The van der Waals surface area contributed by atoms with Crippen LogP contribution in [0.5, 0.6) is 5.75 Å². The lowest BCUT2D eigenvalue weighted by Gasteiger charge is -2.14. The largest absolute Gasteiger partial charge is 0.491 e. The van der Waals surface area contributed by atoms with Gasteiger partial charge in [-0.25, -0.2) is 0 Å². The van der Waals surface area contributed by atoms with Crippen molar-refractivity contribution >= 4 is 0 Å². The van der Waals surface area contributed by atoms with Crippen LogP contribution in [0.15, 0.2) is 30.5 Å². The second-order valence-corrected chi connectivity index (χ2v) is 4.95. The van der Waals surface area contributed by atoms with Gasteiger partial charge in [0.15, 0.2) is 0 Å². The molecule has 0 saturated heterocycles. The van der Waals surface area contributed by atoms with Crippen LogP contribution in [0.3, 0.4) is 0 Å². The number of rotatable bonds is 4. The lowest BCUT2D eigenvalue weighted by molar-refractivity contribution is 0.215. The molecule has 0 saturated carbocycles. The number of aliphatic hydroxyl groups is 1. The number of hydrogen-bond donors (Lipinski definition) is 1. The fourth-order valence-electron chi connectivity index (χ4n) is 1.99. The third-order valence-electron chi connectivity index (χ3n) is 3.11. The summed E-state index contributed by atoms with van der Waals surface area (Å²) in [6.45, 7) is 5.91. The number of aliphatic hydroxyl groups excluding tert-OH is 1. The van der Waals surface area contributed by atoms with Gasteiger partial charge in [-0.15, -0.1) is 0 Å². The van der Waals surface area contributed by atoms with Crippen LogP contribution in [0.2, 0.25) is 0 Å². The maximum absolute atomic E-state index is 10.4. The predicted molar refractivity (Wildman–Crippen MR) is 74.2 cm³/mol. The summed E-state index contributed by atoms with van der Waals surface area (Å²) >= 11 is 0. The second kappa shape index (κ2) is 5.45. The number of aryl methyl sites for hydroxylation is 1. The summed E-state index contributed by atoms with van der Waals surface area (Å²) in [5.41, 5.74) is 2.60. The highest BCUT2D eigenvalue weighted by Crippen LogP contribution is 2.27. The molecule has 0 aliphatic carbocycles. The molecule has 0 radical (unpaired) electrons. The topological polar surface area (TPSA) is 47.3 Å². The van der Waals surface area contributed by atoms with Crippen molar-refractivity contribution in [2.75, 3.05) is 0 Å². The molecule has 1 atom stereocenters. The average molecular weight is 260 g/mol. The molecule has 19 heavy (non-hydrogen) atoms. The van der Waals surface area contributed by atoms with Crippen molar-refractivity contribution < 1.29 is 9.84 Å². The van der Waals surface area contributed by atoms with E-state index in [0.29, 0.717) is 0 Å². The highest BCUT2D eigenvalue weighted by Gasteiger charge is 2.16. The standard InChI is InChI=1S/C15H20N2O2/c1-10(2)19-13-7-5-6-12(8-13)15(18)14-9-16-17(4)11(14)3/h5-10,15,18H,1-4H3. The fraction of sp³-hybridized carbons (Fsp3) is 0.400. The summed E-state index contributed by atoms with van der Waals surface area (Å²) in [6, 6.07) is 7.55. The van der Waals surface area contributed by atoms with Crippen LogP contribution in [0, 0.1) is 6.92 Å². The Morgan fingerprint density at radius 2 is 2.05 bits per heavy atom. The lowest BCUT2D eigenvalue weighted by atomic mass is 10.0. The van der Waals surface area contributed by atoms with Gasteiger partial charge in [0.1, 0.15) is 11.9 Å². The van der Waals surface area contributed by atoms with Crippen LogP contribution < -0.4 is 4.74 Å². The van der Waals surface area contributed by atoms with Crippen LogP contribution in [0.25, 0.3) is 0 Å². The number of aromatic nitrogens is 2. The molecular weight excluding hydrogens is 240 g/mol. The number of hydrogen-bond acceptors (Lipinski definition) is 3. The molecule has 2 aromatic rings. The fourth-order valence-corrected chi connectivity index (χ4v) is 1.99. The molecule has 4 nitrogen and oxygen atoms in total. The Morgan fingerprint density at radius 3 is 2.63 bits per heavy atom. The van der Waals surface area contributed by atoms with Crippen molar-refractivity contribution in [3.8, 4) is 5.75 Å². The summed E-state index contributed by atoms with van der Waals surface area (Å²) in [4.78, 5) is 0. The Hall–Kier alpha value is -1.81. The lowest BCUT2D eigenvalue weighted by Crippen LogP contribution is -2.07. The molecule has 0 fully saturated rings. The van der Waals surface area contributed by atoms with Gasteiger partial charge in [0.05, 0.1) is 12.3 Å². The quantitative estimate of drug-likeness (QED) is 0.919. The van der Waals surface area contributed by atoms with Crippen molar-refractivity contribution in [1.82, 2.24) is 9.78 Å². The molecule has 2 rings (SSSR count). The van der Waals surface area contributed by atoms with E-state index in [1.807, 2.05) is 52.1 Å². The van der Waals surface area contributed by atoms with E-state index in [2.05, 4.69) is 5.10 Å². The van der Waals surface area contributed by atoms with Crippen LogP contribution >= 0.6 is 0 Å². The molecule has 0 bridgehead atoms. The van der Waals surface area contributed by atoms with Crippen molar-refractivity contribution in [2.45, 2.75) is 33.0 Å². The van der Waals surface area contributed by atoms with Gasteiger partial charge in [0, 0.05) is 18.3 Å². The van der Waals surface area contributed by atoms with E-state index in [9.17, 15) is 5.11 Å². The molecule has 4 heteroatoms. The molecule has 1 heterocycles. The van der Waals surface area contributed by atoms with Gasteiger partial charge in [0.25, 0.3) is 0 Å². The Kier molecular flexibility index (Phi) is 3.90. The van der Waals surface area contributed by atoms with Gasteiger partial charge in [-0.05, 0) is 38.5 Å². The van der Waals surface area contributed by atoms with Crippen LogP contribution in [0.1, 0.15) is 36.8 Å². The van der Waals surface area contributed by atoms with Crippen LogP contribution in [0.4, 0.5) is 0 Å². The minimum atomic E-state index is -0.676. The monoisotopic (exact) mass is 260 g/mol. The SMILES string of the molecule is Cc1c(C(O)c2cccc(OC(C)C)c2)cnn1C. The summed E-state index contributed by atoms with van der Waals surface area (Å²) in [5, 5.41) is 14.6. The maximum Gasteiger partial charge on any atom is 0.120 e. The van der Waals surface area contributed by atoms with Crippen molar-refractivity contribution in [3.63, 3.8) is 0 Å². The highest BCUT2D eigenvalue weighted by atomic mass is 16.5. The number of nitrogens with zero attached hydrogens (tertiary/aromatic N) is 2.